The number of aliphatic hydroxyl groups excluding tert-OH is 1. The van der Waals surface area contributed by atoms with E-state index in [1.54, 1.807) is 6.08 Å². The van der Waals surface area contributed by atoms with Gasteiger partial charge in [-0.05, 0) is 44.9 Å². The fraction of sp³-hybridized carbons (Fsp3) is 0.833. The van der Waals surface area contributed by atoms with E-state index in [1.807, 2.05) is 27.2 Å². The molecule has 0 aliphatic rings. The standard InChI is InChI=1S/C42H81N2O6P/c1-6-8-10-12-14-16-18-20-22-24-26-28-30-32-34-36-42(46)43-40(39-50-51(47,48)49-38-37-44(3,4)5)41(45)35-33-31-29-27-25-23-21-19-17-15-13-11-9-7-2/h14,16,18,20,33,35,40-41,45H,6-13,15,17,19,21-32,34,36-39H2,1-5H3,(H-,43,46,47,48)/p+1/b16-14-,20-18-,35-33+. The summed E-state index contributed by atoms with van der Waals surface area (Å²) in [6.07, 6.45) is 40.6. The normalized spacial score (nSPS) is 14.9. The molecule has 3 atom stereocenters. The lowest BCUT2D eigenvalue weighted by atomic mass is 10.0. The fourth-order valence-corrected chi connectivity index (χ4v) is 6.47. The molecular weight excluding hydrogens is 659 g/mol. The van der Waals surface area contributed by atoms with Crippen molar-refractivity contribution in [2.24, 2.45) is 0 Å². The molecule has 0 aliphatic heterocycles. The third-order valence-corrected chi connectivity index (χ3v) is 10.1. The first-order chi connectivity index (χ1) is 24.5. The van der Waals surface area contributed by atoms with Gasteiger partial charge in [0.05, 0.1) is 39.9 Å². The molecular formula is C42H82N2O6P+. The van der Waals surface area contributed by atoms with Gasteiger partial charge in [-0.1, -0.05) is 159 Å². The minimum absolute atomic E-state index is 0.0586. The molecule has 0 bridgehead atoms. The fourth-order valence-electron chi connectivity index (χ4n) is 5.74. The summed E-state index contributed by atoms with van der Waals surface area (Å²) >= 11 is 0. The van der Waals surface area contributed by atoms with Crippen molar-refractivity contribution in [1.82, 2.24) is 5.32 Å². The number of likely N-dealkylation sites (N-methyl/N-ethyl adjacent to an activating group) is 1. The first kappa shape index (κ1) is 49.7. The summed E-state index contributed by atoms with van der Waals surface area (Å²) in [6, 6.07) is -0.850. The van der Waals surface area contributed by atoms with Gasteiger partial charge in [0.1, 0.15) is 13.2 Å². The van der Waals surface area contributed by atoms with Gasteiger partial charge in [0.15, 0.2) is 0 Å². The van der Waals surface area contributed by atoms with Crippen molar-refractivity contribution in [2.45, 2.75) is 187 Å². The van der Waals surface area contributed by atoms with Gasteiger partial charge < -0.3 is 19.8 Å². The molecule has 0 rings (SSSR count). The maximum Gasteiger partial charge on any atom is 0.472 e. The number of hydrogen-bond donors (Lipinski definition) is 3. The van der Waals surface area contributed by atoms with E-state index in [2.05, 4.69) is 43.5 Å². The summed E-state index contributed by atoms with van der Waals surface area (Å²) in [7, 11) is 1.56. The van der Waals surface area contributed by atoms with E-state index in [-0.39, 0.29) is 19.1 Å². The summed E-state index contributed by atoms with van der Waals surface area (Å²) in [4.78, 5) is 23.0. The highest BCUT2D eigenvalue weighted by molar-refractivity contribution is 7.47. The van der Waals surface area contributed by atoms with Crippen molar-refractivity contribution in [3.63, 3.8) is 0 Å². The quantitative estimate of drug-likeness (QED) is 0.0192. The van der Waals surface area contributed by atoms with Crippen LogP contribution in [0.5, 0.6) is 0 Å². The summed E-state index contributed by atoms with van der Waals surface area (Å²) in [5.74, 6) is -0.191. The first-order valence-corrected chi connectivity index (χ1v) is 22.4. The van der Waals surface area contributed by atoms with Crippen LogP contribution in [-0.4, -0.2) is 73.4 Å². The zero-order chi connectivity index (χ0) is 37.9. The zero-order valence-electron chi connectivity index (χ0n) is 33.8. The molecule has 8 nitrogen and oxygen atoms in total. The van der Waals surface area contributed by atoms with Crippen molar-refractivity contribution in [3.05, 3.63) is 36.5 Å². The molecule has 0 saturated carbocycles. The molecule has 9 heteroatoms. The van der Waals surface area contributed by atoms with Crippen molar-refractivity contribution >= 4 is 13.7 Å². The minimum atomic E-state index is -4.33. The Morgan fingerprint density at radius 3 is 1.61 bits per heavy atom. The van der Waals surface area contributed by atoms with E-state index in [0.717, 1.165) is 51.4 Å². The number of hydrogen-bond acceptors (Lipinski definition) is 5. The van der Waals surface area contributed by atoms with E-state index in [1.165, 1.54) is 103 Å². The van der Waals surface area contributed by atoms with Crippen LogP contribution < -0.4 is 5.32 Å². The number of rotatable bonds is 37. The Morgan fingerprint density at radius 2 is 1.10 bits per heavy atom. The smallest absolute Gasteiger partial charge is 0.387 e. The average molecular weight is 742 g/mol. The molecule has 300 valence electrons. The van der Waals surface area contributed by atoms with Crippen LogP contribution in [0.3, 0.4) is 0 Å². The van der Waals surface area contributed by atoms with Gasteiger partial charge >= 0.3 is 7.82 Å². The number of phosphoric ester groups is 1. The van der Waals surface area contributed by atoms with Crippen molar-refractivity contribution in [3.8, 4) is 0 Å². The van der Waals surface area contributed by atoms with Crippen LogP contribution in [0, 0.1) is 0 Å². The van der Waals surface area contributed by atoms with Crippen LogP contribution in [0.4, 0.5) is 0 Å². The number of aliphatic hydroxyl groups is 1. The average Bonchev–Trinajstić information content (AvgIpc) is 3.07. The van der Waals surface area contributed by atoms with Gasteiger partial charge in [-0.25, -0.2) is 4.57 Å². The molecule has 0 saturated heterocycles. The number of allylic oxidation sites excluding steroid dienone is 5. The highest BCUT2D eigenvalue weighted by Gasteiger charge is 2.27. The molecule has 0 fully saturated rings. The molecule has 3 unspecified atom stereocenters. The van der Waals surface area contributed by atoms with Gasteiger partial charge in [0.25, 0.3) is 0 Å². The highest BCUT2D eigenvalue weighted by Crippen LogP contribution is 2.43. The Kier molecular flexibility index (Phi) is 33.6. The Hall–Kier alpha value is -1.28. The van der Waals surface area contributed by atoms with E-state index >= 15 is 0 Å². The van der Waals surface area contributed by atoms with Gasteiger partial charge in [-0.2, -0.15) is 0 Å². The van der Waals surface area contributed by atoms with Gasteiger partial charge in [-0.15, -0.1) is 0 Å². The Morgan fingerprint density at radius 1 is 0.667 bits per heavy atom. The molecule has 0 radical (unpaired) electrons. The monoisotopic (exact) mass is 742 g/mol. The lowest BCUT2D eigenvalue weighted by Gasteiger charge is -2.25. The molecule has 0 spiro atoms. The molecule has 0 aromatic carbocycles. The number of quaternary nitrogens is 1. The van der Waals surface area contributed by atoms with E-state index in [0.29, 0.717) is 17.4 Å². The lowest BCUT2D eigenvalue weighted by Crippen LogP contribution is -2.45. The third-order valence-electron chi connectivity index (χ3n) is 9.13. The number of unbranched alkanes of at least 4 members (excludes halogenated alkanes) is 21. The summed E-state index contributed by atoms with van der Waals surface area (Å²) in [5.41, 5.74) is 0. The van der Waals surface area contributed by atoms with Crippen LogP contribution in [-0.2, 0) is 18.4 Å². The lowest BCUT2D eigenvalue weighted by molar-refractivity contribution is -0.870. The Labute approximate surface area is 315 Å². The number of nitrogens with one attached hydrogen (secondary N) is 1. The van der Waals surface area contributed by atoms with Crippen LogP contribution >= 0.6 is 7.82 Å². The number of amides is 1. The molecule has 0 aliphatic carbocycles. The van der Waals surface area contributed by atoms with Crippen molar-refractivity contribution in [2.75, 3.05) is 40.9 Å². The molecule has 1 amide bonds. The summed E-state index contributed by atoms with van der Waals surface area (Å²) in [5, 5.41) is 13.8. The minimum Gasteiger partial charge on any atom is -0.387 e. The number of phosphoric acid groups is 1. The summed E-state index contributed by atoms with van der Waals surface area (Å²) < 4.78 is 23.5. The first-order valence-electron chi connectivity index (χ1n) is 20.9. The highest BCUT2D eigenvalue weighted by atomic mass is 31.2. The van der Waals surface area contributed by atoms with E-state index in [9.17, 15) is 19.4 Å². The molecule has 0 aromatic rings. The Balaban J connectivity index is 4.51. The van der Waals surface area contributed by atoms with Crippen molar-refractivity contribution < 1.29 is 32.9 Å². The van der Waals surface area contributed by atoms with Crippen LogP contribution in [0.25, 0.3) is 0 Å². The van der Waals surface area contributed by atoms with Gasteiger partial charge in [-0.3, -0.25) is 13.8 Å². The zero-order valence-corrected chi connectivity index (χ0v) is 34.7. The molecule has 0 aromatic heterocycles. The maximum atomic E-state index is 12.8. The van der Waals surface area contributed by atoms with E-state index < -0.39 is 20.0 Å². The predicted octanol–water partition coefficient (Wildman–Crippen LogP) is 11.1. The summed E-state index contributed by atoms with van der Waals surface area (Å²) in [6.45, 7) is 4.76. The van der Waals surface area contributed by atoms with Gasteiger partial charge in [0, 0.05) is 6.42 Å². The maximum absolute atomic E-state index is 12.8. The molecule has 51 heavy (non-hydrogen) atoms. The second-order valence-corrected chi connectivity index (χ2v) is 16.8. The van der Waals surface area contributed by atoms with Gasteiger partial charge in [0.2, 0.25) is 5.91 Å². The SMILES string of the molecule is CCCCC/C=C\C=C/CCCCCCCCC(=O)NC(COP(=O)(O)OCC[N+](C)(C)C)C(O)/C=C/CCCCCCCCCCCCCC. The Bertz CT molecular complexity index is 933. The predicted molar refractivity (Wildman–Crippen MR) is 217 cm³/mol. The second kappa shape index (κ2) is 34.5. The largest absolute Gasteiger partial charge is 0.472 e. The van der Waals surface area contributed by atoms with Crippen LogP contribution in [0.1, 0.15) is 174 Å². The topological polar surface area (TPSA) is 105 Å². The van der Waals surface area contributed by atoms with Crippen LogP contribution in [0.15, 0.2) is 36.5 Å². The molecule has 0 heterocycles. The number of nitrogens with zero attached hydrogens (tertiary/aromatic N) is 1. The number of carbonyl (C=O) groups excluding carboxylic acids is 1. The molecule has 3 N–H and O–H groups in total. The van der Waals surface area contributed by atoms with Crippen LogP contribution in [0.2, 0.25) is 0 Å². The second-order valence-electron chi connectivity index (χ2n) is 15.4. The third kappa shape index (κ3) is 36.9. The van der Waals surface area contributed by atoms with Crippen molar-refractivity contribution in [1.29, 1.82) is 0 Å². The van der Waals surface area contributed by atoms with E-state index in [4.69, 9.17) is 9.05 Å². The number of carbonyl (C=O) groups is 1.